The Labute approximate surface area is 98.6 Å². The highest BCUT2D eigenvalue weighted by Gasteiger charge is 2.32. The van der Waals surface area contributed by atoms with E-state index in [4.69, 9.17) is 5.73 Å². The summed E-state index contributed by atoms with van der Waals surface area (Å²) < 4.78 is 0. The van der Waals surface area contributed by atoms with Crippen LogP contribution in [0.4, 0.5) is 4.79 Å². The molecule has 1 aliphatic carbocycles. The van der Waals surface area contributed by atoms with Crippen LogP contribution in [0.5, 0.6) is 0 Å². The molecule has 1 fully saturated rings. The van der Waals surface area contributed by atoms with E-state index in [1.54, 1.807) is 0 Å². The number of carbonyl (C=O) groups excluding carboxylic acids is 1. The third-order valence-corrected chi connectivity index (χ3v) is 3.62. The number of hydrogen-bond donors (Lipinski definition) is 2. The van der Waals surface area contributed by atoms with E-state index in [9.17, 15) is 4.79 Å². The van der Waals surface area contributed by atoms with Crippen LogP contribution in [0.1, 0.15) is 46.0 Å². The molecular weight excluding hydrogens is 202 g/mol. The summed E-state index contributed by atoms with van der Waals surface area (Å²) in [6.07, 6.45) is 5.67. The maximum atomic E-state index is 12.0. The van der Waals surface area contributed by atoms with Gasteiger partial charge in [0.1, 0.15) is 0 Å². The molecule has 0 unspecified atom stereocenters. The molecule has 1 aliphatic rings. The average Bonchev–Trinajstić information content (AvgIpc) is 2.32. The first-order valence-corrected chi connectivity index (χ1v) is 6.44. The monoisotopic (exact) mass is 227 g/mol. The van der Waals surface area contributed by atoms with E-state index in [0.29, 0.717) is 6.54 Å². The van der Waals surface area contributed by atoms with Gasteiger partial charge in [-0.05, 0) is 26.7 Å². The molecule has 0 heterocycles. The van der Waals surface area contributed by atoms with Gasteiger partial charge < -0.3 is 16.0 Å². The molecule has 0 aromatic rings. The Hall–Kier alpha value is -0.770. The number of urea groups is 1. The van der Waals surface area contributed by atoms with Crippen molar-refractivity contribution < 1.29 is 4.79 Å². The number of amides is 2. The van der Waals surface area contributed by atoms with Gasteiger partial charge in [-0.25, -0.2) is 4.79 Å². The number of rotatable bonds is 4. The number of nitrogens with zero attached hydrogens (tertiary/aromatic N) is 1. The summed E-state index contributed by atoms with van der Waals surface area (Å²) in [6.45, 7) is 6.06. The van der Waals surface area contributed by atoms with E-state index in [-0.39, 0.29) is 11.6 Å². The van der Waals surface area contributed by atoms with Crippen LogP contribution in [-0.2, 0) is 0 Å². The molecule has 0 atom stereocenters. The third-order valence-electron chi connectivity index (χ3n) is 3.62. The van der Waals surface area contributed by atoms with E-state index in [0.717, 1.165) is 25.9 Å². The van der Waals surface area contributed by atoms with Crippen LogP contribution in [-0.4, -0.2) is 36.1 Å². The van der Waals surface area contributed by atoms with Gasteiger partial charge in [0, 0.05) is 19.6 Å². The smallest absolute Gasteiger partial charge is 0.317 e. The van der Waals surface area contributed by atoms with Crippen molar-refractivity contribution in [1.82, 2.24) is 10.2 Å². The first-order chi connectivity index (χ1) is 7.67. The number of carbonyl (C=O) groups is 1. The molecule has 0 spiro atoms. The lowest BCUT2D eigenvalue weighted by molar-refractivity contribution is 0.173. The second-order valence-corrected chi connectivity index (χ2v) is 4.65. The topological polar surface area (TPSA) is 58.4 Å². The Kier molecular flexibility index (Phi) is 5.06. The zero-order valence-electron chi connectivity index (χ0n) is 10.6. The lowest BCUT2D eigenvalue weighted by Gasteiger charge is -2.38. The average molecular weight is 227 g/mol. The van der Waals surface area contributed by atoms with Crippen LogP contribution in [0.2, 0.25) is 0 Å². The van der Waals surface area contributed by atoms with Gasteiger partial charge in [-0.1, -0.05) is 19.3 Å². The number of nitrogens with two attached hydrogens (primary N) is 1. The van der Waals surface area contributed by atoms with E-state index < -0.39 is 0 Å². The maximum absolute atomic E-state index is 12.0. The third kappa shape index (κ3) is 3.11. The Morgan fingerprint density at radius 3 is 2.25 bits per heavy atom. The van der Waals surface area contributed by atoms with Crippen LogP contribution in [0.3, 0.4) is 0 Å². The van der Waals surface area contributed by atoms with E-state index in [2.05, 4.69) is 5.32 Å². The molecule has 0 aromatic carbocycles. The molecule has 0 aromatic heterocycles. The molecule has 4 nitrogen and oxygen atoms in total. The van der Waals surface area contributed by atoms with E-state index in [1.165, 1.54) is 19.3 Å². The standard InChI is InChI=1S/C12H25N3O/c1-3-15(4-2)11(16)14-12(10-13)8-6-5-7-9-12/h3-10,13H2,1-2H3,(H,14,16). The second-order valence-electron chi connectivity index (χ2n) is 4.65. The maximum Gasteiger partial charge on any atom is 0.317 e. The Morgan fingerprint density at radius 2 is 1.81 bits per heavy atom. The predicted molar refractivity (Wildman–Crippen MR) is 66.3 cm³/mol. The predicted octanol–water partition coefficient (Wildman–Crippen LogP) is 1.70. The minimum atomic E-state index is -0.141. The quantitative estimate of drug-likeness (QED) is 0.768. The van der Waals surface area contributed by atoms with Crippen molar-refractivity contribution in [2.75, 3.05) is 19.6 Å². The van der Waals surface area contributed by atoms with Gasteiger partial charge in [-0.3, -0.25) is 0 Å². The molecule has 1 saturated carbocycles. The van der Waals surface area contributed by atoms with E-state index in [1.807, 2.05) is 18.7 Å². The van der Waals surface area contributed by atoms with Crippen LogP contribution in [0.25, 0.3) is 0 Å². The Balaban J connectivity index is 2.57. The molecule has 0 aliphatic heterocycles. The summed E-state index contributed by atoms with van der Waals surface area (Å²) in [5.74, 6) is 0. The Bertz CT molecular complexity index is 220. The molecule has 3 N–H and O–H groups in total. The van der Waals surface area contributed by atoms with Gasteiger partial charge in [0.2, 0.25) is 0 Å². The van der Waals surface area contributed by atoms with Gasteiger partial charge in [0.15, 0.2) is 0 Å². The van der Waals surface area contributed by atoms with Crippen molar-refractivity contribution in [3.05, 3.63) is 0 Å². The molecular formula is C12H25N3O. The molecule has 0 bridgehead atoms. The highest BCUT2D eigenvalue weighted by atomic mass is 16.2. The highest BCUT2D eigenvalue weighted by Crippen LogP contribution is 2.27. The first-order valence-electron chi connectivity index (χ1n) is 6.44. The minimum absolute atomic E-state index is 0.0392. The largest absolute Gasteiger partial charge is 0.331 e. The van der Waals surface area contributed by atoms with E-state index >= 15 is 0 Å². The molecule has 1 rings (SSSR count). The second kappa shape index (κ2) is 6.09. The van der Waals surface area contributed by atoms with Gasteiger partial charge in [-0.15, -0.1) is 0 Å². The van der Waals surface area contributed by atoms with Crippen molar-refractivity contribution in [3.63, 3.8) is 0 Å². The highest BCUT2D eigenvalue weighted by molar-refractivity contribution is 5.75. The minimum Gasteiger partial charge on any atom is -0.331 e. The number of hydrogen-bond acceptors (Lipinski definition) is 2. The van der Waals surface area contributed by atoms with Crippen molar-refractivity contribution in [1.29, 1.82) is 0 Å². The summed E-state index contributed by atoms with van der Waals surface area (Å²) in [5.41, 5.74) is 5.70. The summed E-state index contributed by atoms with van der Waals surface area (Å²) in [6, 6.07) is 0.0392. The fourth-order valence-corrected chi connectivity index (χ4v) is 2.43. The van der Waals surface area contributed by atoms with Gasteiger partial charge in [0.05, 0.1) is 5.54 Å². The van der Waals surface area contributed by atoms with Crippen molar-refractivity contribution in [2.24, 2.45) is 5.73 Å². The lowest BCUT2D eigenvalue weighted by Crippen LogP contribution is -2.58. The summed E-state index contributed by atoms with van der Waals surface area (Å²) in [4.78, 5) is 13.8. The molecule has 2 amide bonds. The van der Waals surface area contributed by atoms with Crippen LogP contribution in [0.15, 0.2) is 0 Å². The number of nitrogens with one attached hydrogen (secondary N) is 1. The SMILES string of the molecule is CCN(CC)C(=O)NC1(CN)CCCCC1. The van der Waals surface area contributed by atoms with Crippen LogP contribution >= 0.6 is 0 Å². The Morgan fingerprint density at radius 1 is 1.25 bits per heavy atom. The molecule has 94 valence electrons. The molecule has 0 radical (unpaired) electrons. The fourth-order valence-electron chi connectivity index (χ4n) is 2.43. The van der Waals surface area contributed by atoms with Gasteiger partial charge in [-0.2, -0.15) is 0 Å². The van der Waals surface area contributed by atoms with Crippen molar-refractivity contribution in [2.45, 2.75) is 51.5 Å². The summed E-state index contributed by atoms with van der Waals surface area (Å²) in [5, 5.41) is 3.15. The van der Waals surface area contributed by atoms with Gasteiger partial charge >= 0.3 is 6.03 Å². The molecule has 16 heavy (non-hydrogen) atoms. The normalized spacial score (nSPS) is 19.2. The van der Waals surface area contributed by atoms with Crippen molar-refractivity contribution >= 4 is 6.03 Å². The lowest BCUT2D eigenvalue weighted by atomic mass is 9.82. The zero-order valence-corrected chi connectivity index (χ0v) is 10.6. The molecule has 0 saturated heterocycles. The fraction of sp³-hybridized carbons (Fsp3) is 0.917. The first kappa shape index (κ1) is 13.3. The molecule has 4 heteroatoms. The van der Waals surface area contributed by atoms with Crippen molar-refractivity contribution in [3.8, 4) is 0 Å². The van der Waals surface area contributed by atoms with Gasteiger partial charge in [0.25, 0.3) is 0 Å². The summed E-state index contributed by atoms with van der Waals surface area (Å²) >= 11 is 0. The van der Waals surface area contributed by atoms with Crippen LogP contribution in [0, 0.1) is 0 Å². The van der Waals surface area contributed by atoms with Crippen LogP contribution < -0.4 is 11.1 Å². The summed E-state index contributed by atoms with van der Waals surface area (Å²) in [7, 11) is 0. The zero-order chi connectivity index (χ0) is 12.0.